The highest BCUT2D eigenvalue weighted by Gasteiger charge is 2.16. The zero-order valence-electron chi connectivity index (χ0n) is 14.8. The molecule has 1 atom stereocenters. The average molecular weight is 356 g/mol. The summed E-state index contributed by atoms with van der Waals surface area (Å²) in [5.74, 6) is -0.705. The number of rotatable bonds is 6. The maximum Gasteiger partial charge on any atom is 0.279 e. The number of hydrogen-bond donors (Lipinski definition) is 3. The van der Waals surface area contributed by atoms with E-state index in [1.165, 1.54) is 41.8 Å². The summed E-state index contributed by atoms with van der Waals surface area (Å²) in [6, 6.07) is 11.6. The Hall–Kier alpha value is -2.73. The van der Waals surface area contributed by atoms with Crippen LogP contribution in [0.15, 0.2) is 42.5 Å². The number of amides is 2. The minimum Gasteiger partial charge on any atom is -0.322 e. The normalized spacial score (nSPS) is 13.8. The smallest absolute Gasteiger partial charge is 0.279 e. The van der Waals surface area contributed by atoms with E-state index in [0.717, 1.165) is 23.4 Å². The summed E-state index contributed by atoms with van der Waals surface area (Å²) in [6.45, 7) is 0.336. The maximum atomic E-state index is 12.9. The molecule has 3 rings (SSSR count). The van der Waals surface area contributed by atoms with E-state index in [1.54, 1.807) is 7.05 Å². The lowest BCUT2D eigenvalue weighted by Gasteiger charge is -2.14. The van der Waals surface area contributed by atoms with Crippen LogP contribution in [0.4, 0.5) is 15.8 Å². The number of hydrogen-bond acceptors (Lipinski definition) is 2. The number of carbonyl (C=O) groups excluding carboxylic acids is 2. The number of halogens is 1. The maximum absolute atomic E-state index is 12.9. The second-order valence-electron chi connectivity index (χ2n) is 6.75. The summed E-state index contributed by atoms with van der Waals surface area (Å²) in [7, 11) is 1.78. The van der Waals surface area contributed by atoms with Crippen LogP contribution in [-0.2, 0) is 22.4 Å². The molecule has 2 aromatic rings. The van der Waals surface area contributed by atoms with Gasteiger partial charge in [-0.2, -0.15) is 0 Å². The van der Waals surface area contributed by atoms with Gasteiger partial charge >= 0.3 is 0 Å². The number of quaternary nitrogens is 1. The predicted octanol–water partition coefficient (Wildman–Crippen LogP) is 1.41. The fraction of sp³-hybridized carbons (Fsp3) is 0.300. The SMILES string of the molecule is C[NH+](CC(=O)Nc1ccc(F)cc1)CC(=O)Nc1ccc2c(c1)CCC2. The van der Waals surface area contributed by atoms with E-state index in [4.69, 9.17) is 0 Å². The van der Waals surface area contributed by atoms with Crippen molar-refractivity contribution in [2.24, 2.45) is 0 Å². The number of nitrogens with one attached hydrogen (secondary N) is 3. The summed E-state index contributed by atoms with van der Waals surface area (Å²) in [5.41, 5.74) is 4.01. The predicted molar refractivity (Wildman–Crippen MR) is 98.7 cm³/mol. The molecule has 0 saturated heterocycles. The molecule has 6 heteroatoms. The van der Waals surface area contributed by atoms with Crippen LogP contribution in [0.2, 0.25) is 0 Å². The van der Waals surface area contributed by atoms with Crippen molar-refractivity contribution in [3.8, 4) is 0 Å². The fourth-order valence-corrected chi connectivity index (χ4v) is 3.20. The number of likely N-dealkylation sites (N-methyl/N-ethyl adjacent to an activating group) is 1. The highest BCUT2D eigenvalue weighted by atomic mass is 19.1. The van der Waals surface area contributed by atoms with Gasteiger partial charge < -0.3 is 15.5 Å². The first-order valence-electron chi connectivity index (χ1n) is 8.78. The third-order valence-corrected chi connectivity index (χ3v) is 4.43. The lowest BCUT2D eigenvalue weighted by atomic mass is 10.1. The lowest BCUT2D eigenvalue weighted by molar-refractivity contribution is -0.862. The topological polar surface area (TPSA) is 62.6 Å². The first-order chi connectivity index (χ1) is 12.5. The molecule has 0 saturated carbocycles. The Labute approximate surface area is 152 Å². The summed E-state index contributed by atoms with van der Waals surface area (Å²) < 4.78 is 12.9. The van der Waals surface area contributed by atoms with Gasteiger partial charge in [-0.05, 0) is 66.8 Å². The first kappa shape index (κ1) is 18.1. The number of aryl methyl sites for hydroxylation is 2. The van der Waals surface area contributed by atoms with Crippen LogP contribution in [0, 0.1) is 5.82 Å². The summed E-state index contributed by atoms with van der Waals surface area (Å²) in [5, 5.41) is 5.59. The minimum atomic E-state index is -0.353. The van der Waals surface area contributed by atoms with Crippen LogP contribution >= 0.6 is 0 Å². The molecular weight excluding hydrogens is 333 g/mol. The quantitative estimate of drug-likeness (QED) is 0.733. The molecule has 136 valence electrons. The van der Waals surface area contributed by atoms with Gasteiger partial charge in [0.05, 0.1) is 7.05 Å². The van der Waals surface area contributed by atoms with E-state index in [-0.39, 0.29) is 30.7 Å². The molecule has 5 nitrogen and oxygen atoms in total. The molecule has 0 aromatic heterocycles. The summed E-state index contributed by atoms with van der Waals surface area (Å²) in [6.07, 6.45) is 3.34. The Bertz CT molecular complexity index is 805. The summed E-state index contributed by atoms with van der Waals surface area (Å²) >= 11 is 0. The van der Waals surface area contributed by atoms with Gasteiger partial charge in [0.2, 0.25) is 0 Å². The zero-order chi connectivity index (χ0) is 18.5. The highest BCUT2D eigenvalue weighted by molar-refractivity contribution is 5.93. The number of fused-ring (bicyclic) bond motifs is 1. The van der Waals surface area contributed by atoms with Crippen molar-refractivity contribution in [2.75, 3.05) is 30.8 Å². The second-order valence-corrected chi connectivity index (χ2v) is 6.75. The monoisotopic (exact) mass is 356 g/mol. The molecular formula is C20H23FN3O2+. The van der Waals surface area contributed by atoms with Gasteiger partial charge in [-0.3, -0.25) is 9.59 Å². The third-order valence-electron chi connectivity index (χ3n) is 4.43. The second kappa shape index (κ2) is 8.10. The largest absolute Gasteiger partial charge is 0.322 e. The Morgan fingerprint density at radius 1 is 0.923 bits per heavy atom. The van der Waals surface area contributed by atoms with Crippen molar-refractivity contribution in [1.82, 2.24) is 0 Å². The molecule has 1 aliphatic carbocycles. The van der Waals surface area contributed by atoms with Gasteiger partial charge in [0.15, 0.2) is 13.1 Å². The van der Waals surface area contributed by atoms with Crippen LogP contribution in [0.3, 0.4) is 0 Å². The number of benzene rings is 2. The molecule has 0 aliphatic heterocycles. The van der Waals surface area contributed by atoms with E-state index in [9.17, 15) is 14.0 Å². The Kier molecular flexibility index (Phi) is 5.63. The molecule has 3 N–H and O–H groups in total. The van der Waals surface area contributed by atoms with E-state index in [2.05, 4.69) is 16.7 Å². The molecule has 26 heavy (non-hydrogen) atoms. The van der Waals surface area contributed by atoms with Crippen LogP contribution in [0.25, 0.3) is 0 Å². The lowest BCUT2D eigenvalue weighted by Crippen LogP contribution is -3.11. The van der Waals surface area contributed by atoms with Crippen molar-refractivity contribution in [1.29, 1.82) is 0 Å². The minimum absolute atomic E-state index is 0.130. The molecule has 2 aromatic carbocycles. The first-order valence-corrected chi connectivity index (χ1v) is 8.78. The van der Waals surface area contributed by atoms with Crippen molar-refractivity contribution < 1.29 is 18.9 Å². The molecule has 2 amide bonds. The van der Waals surface area contributed by atoms with E-state index >= 15 is 0 Å². The molecule has 0 bridgehead atoms. The van der Waals surface area contributed by atoms with Gasteiger partial charge in [-0.1, -0.05) is 6.07 Å². The Morgan fingerprint density at radius 3 is 2.19 bits per heavy atom. The molecule has 0 spiro atoms. The van der Waals surface area contributed by atoms with E-state index < -0.39 is 0 Å². The van der Waals surface area contributed by atoms with E-state index in [0.29, 0.717) is 5.69 Å². The van der Waals surface area contributed by atoms with Crippen molar-refractivity contribution >= 4 is 23.2 Å². The van der Waals surface area contributed by atoms with Gasteiger partial charge in [0.25, 0.3) is 11.8 Å². The van der Waals surface area contributed by atoms with Crippen molar-refractivity contribution in [3.63, 3.8) is 0 Å². The molecule has 0 radical (unpaired) electrons. The molecule has 0 heterocycles. The van der Waals surface area contributed by atoms with Gasteiger partial charge in [0, 0.05) is 11.4 Å². The number of anilines is 2. The highest BCUT2D eigenvalue weighted by Crippen LogP contribution is 2.24. The standard InChI is InChI=1S/C20H22FN3O2/c1-24(12-19(25)22-17-9-6-16(21)7-10-17)13-20(26)23-18-8-5-14-3-2-4-15(14)11-18/h5-11H,2-4,12-13H2,1H3,(H,22,25)(H,23,26)/p+1. The van der Waals surface area contributed by atoms with Crippen LogP contribution < -0.4 is 15.5 Å². The number of carbonyl (C=O) groups is 2. The van der Waals surface area contributed by atoms with E-state index in [1.807, 2.05) is 12.1 Å². The molecule has 1 unspecified atom stereocenters. The van der Waals surface area contributed by atoms with Crippen molar-refractivity contribution in [2.45, 2.75) is 19.3 Å². The molecule has 1 aliphatic rings. The van der Waals surface area contributed by atoms with Crippen LogP contribution in [0.5, 0.6) is 0 Å². The molecule has 0 fully saturated rings. The summed E-state index contributed by atoms with van der Waals surface area (Å²) in [4.78, 5) is 25.0. The van der Waals surface area contributed by atoms with Crippen LogP contribution in [-0.4, -0.2) is 32.0 Å². The van der Waals surface area contributed by atoms with Gasteiger partial charge in [0.1, 0.15) is 5.82 Å². The third kappa shape index (κ3) is 4.89. The fourth-order valence-electron chi connectivity index (χ4n) is 3.20. The van der Waals surface area contributed by atoms with Crippen LogP contribution in [0.1, 0.15) is 17.5 Å². The van der Waals surface area contributed by atoms with Gasteiger partial charge in [-0.25, -0.2) is 4.39 Å². The zero-order valence-corrected chi connectivity index (χ0v) is 14.8. The average Bonchev–Trinajstić information content (AvgIpc) is 3.04. The Morgan fingerprint density at radius 2 is 1.50 bits per heavy atom. The Balaban J connectivity index is 1.46. The van der Waals surface area contributed by atoms with Crippen molar-refractivity contribution in [3.05, 3.63) is 59.4 Å². The van der Waals surface area contributed by atoms with Gasteiger partial charge in [-0.15, -0.1) is 0 Å².